The zero-order valence-corrected chi connectivity index (χ0v) is 12.5. The Morgan fingerprint density at radius 1 is 1.45 bits per heavy atom. The lowest BCUT2D eigenvalue weighted by Crippen LogP contribution is -2.47. The van der Waals surface area contributed by atoms with Crippen LogP contribution in [0.3, 0.4) is 0 Å². The number of ether oxygens (including phenoxy) is 1. The van der Waals surface area contributed by atoms with Gasteiger partial charge in [0.15, 0.2) is 0 Å². The summed E-state index contributed by atoms with van der Waals surface area (Å²) in [7, 11) is 0. The van der Waals surface area contributed by atoms with Crippen molar-refractivity contribution in [2.45, 2.75) is 26.8 Å². The van der Waals surface area contributed by atoms with E-state index in [0.29, 0.717) is 0 Å². The predicted molar refractivity (Wildman–Crippen MR) is 77.6 cm³/mol. The Morgan fingerprint density at radius 2 is 2.09 bits per heavy atom. The van der Waals surface area contributed by atoms with Gasteiger partial charge < -0.3 is 15.2 Å². The third kappa shape index (κ3) is 4.72. The van der Waals surface area contributed by atoms with Crippen molar-refractivity contribution >= 4 is 17.6 Å². The van der Waals surface area contributed by atoms with Crippen LogP contribution in [0.1, 0.15) is 20.8 Å². The number of carboxylic acids is 1. The molecule has 1 amide bonds. The summed E-state index contributed by atoms with van der Waals surface area (Å²) < 4.78 is 5.41. The average molecular weight is 310 g/mol. The van der Waals surface area contributed by atoms with Gasteiger partial charge in [0, 0.05) is 6.07 Å². The molecule has 0 aliphatic heterocycles. The highest BCUT2D eigenvalue weighted by Gasteiger charge is 2.31. The van der Waals surface area contributed by atoms with Gasteiger partial charge in [0.1, 0.15) is 18.4 Å². The third-order valence-electron chi connectivity index (χ3n) is 2.96. The molecule has 1 aromatic carbocycles. The number of carboxylic acid groups (broad SMARTS) is 1. The fraction of sp³-hybridized carbons (Fsp3) is 0.429. The molecule has 0 bridgehead atoms. The Balaban J connectivity index is 2.69. The molecule has 0 saturated carbocycles. The second-order valence-electron chi connectivity index (χ2n) is 5.46. The van der Waals surface area contributed by atoms with Crippen molar-refractivity contribution in [1.29, 1.82) is 0 Å². The van der Waals surface area contributed by atoms with Crippen molar-refractivity contribution in [2.24, 2.45) is 5.41 Å². The van der Waals surface area contributed by atoms with E-state index in [1.165, 1.54) is 25.1 Å². The van der Waals surface area contributed by atoms with Gasteiger partial charge in [0.2, 0.25) is 5.91 Å². The Bertz CT molecular complexity index is 584. The molecular weight excluding hydrogens is 292 g/mol. The van der Waals surface area contributed by atoms with Gasteiger partial charge in [-0.25, -0.2) is 0 Å². The number of amides is 1. The average Bonchev–Trinajstić information content (AvgIpc) is 2.45. The van der Waals surface area contributed by atoms with E-state index in [0.717, 1.165) is 0 Å². The summed E-state index contributed by atoms with van der Waals surface area (Å²) in [4.78, 5) is 32.9. The van der Waals surface area contributed by atoms with E-state index in [-0.39, 0.29) is 18.0 Å². The zero-order chi connectivity index (χ0) is 16.9. The summed E-state index contributed by atoms with van der Waals surface area (Å²) in [5.41, 5.74) is -1.10. The number of aliphatic carboxylic acids is 1. The van der Waals surface area contributed by atoms with Crippen LogP contribution in [-0.2, 0) is 9.59 Å². The van der Waals surface area contributed by atoms with E-state index in [1.807, 2.05) is 0 Å². The molecule has 22 heavy (non-hydrogen) atoms. The first-order valence-electron chi connectivity index (χ1n) is 6.54. The SMILES string of the molecule is CC(NC(=O)C(C)(C)COc1cccc([N+](=O)[O-])c1)C(=O)O. The van der Waals surface area contributed by atoms with Crippen molar-refractivity contribution in [3.63, 3.8) is 0 Å². The number of rotatable bonds is 7. The minimum absolute atomic E-state index is 0.0493. The smallest absolute Gasteiger partial charge is 0.325 e. The van der Waals surface area contributed by atoms with Gasteiger partial charge in [-0.2, -0.15) is 0 Å². The summed E-state index contributed by atoms with van der Waals surface area (Å²) in [5.74, 6) is -1.35. The number of non-ortho nitro benzene ring substituents is 1. The number of carbonyl (C=O) groups is 2. The molecule has 8 nitrogen and oxygen atoms in total. The van der Waals surface area contributed by atoms with Crippen LogP contribution in [0.4, 0.5) is 5.69 Å². The lowest BCUT2D eigenvalue weighted by atomic mass is 9.93. The molecule has 1 rings (SSSR count). The molecule has 0 spiro atoms. The lowest BCUT2D eigenvalue weighted by molar-refractivity contribution is -0.384. The van der Waals surface area contributed by atoms with Crippen LogP contribution in [0.2, 0.25) is 0 Å². The molecule has 1 unspecified atom stereocenters. The number of nitrogens with one attached hydrogen (secondary N) is 1. The molecule has 0 saturated heterocycles. The molecule has 0 heterocycles. The standard InChI is InChI=1S/C14H18N2O6/c1-9(12(17)18)15-13(19)14(2,3)8-22-11-6-4-5-10(7-11)16(20)21/h4-7,9H,8H2,1-3H3,(H,15,19)(H,17,18). The number of nitro benzene ring substituents is 1. The number of benzene rings is 1. The van der Waals surface area contributed by atoms with E-state index in [1.54, 1.807) is 19.9 Å². The van der Waals surface area contributed by atoms with Crippen molar-refractivity contribution in [1.82, 2.24) is 5.32 Å². The van der Waals surface area contributed by atoms with Gasteiger partial charge >= 0.3 is 5.97 Å². The van der Waals surface area contributed by atoms with Crippen LogP contribution < -0.4 is 10.1 Å². The minimum Gasteiger partial charge on any atom is -0.492 e. The van der Waals surface area contributed by atoms with E-state index in [9.17, 15) is 19.7 Å². The minimum atomic E-state index is -1.14. The maximum Gasteiger partial charge on any atom is 0.325 e. The molecule has 120 valence electrons. The largest absolute Gasteiger partial charge is 0.492 e. The highest BCUT2D eigenvalue weighted by molar-refractivity contribution is 5.86. The zero-order valence-electron chi connectivity index (χ0n) is 12.5. The Kier molecular flexibility index (Phi) is 5.44. The predicted octanol–water partition coefficient (Wildman–Crippen LogP) is 1.59. The monoisotopic (exact) mass is 310 g/mol. The molecule has 2 N–H and O–H groups in total. The van der Waals surface area contributed by atoms with Crippen LogP contribution in [0.15, 0.2) is 24.3 Å². The highest BCUT2D eigenvalue weighted by Crippen LogP contribution is 2.22. The third-order valence-corrected chi connectivity index (χ3v) is 2.96. The summed E-state index contributed by atoms with van der Waals surface area (Å²) >= 11 is 0. The number of nitro groups is 1. The summed E-state index contributed by atoms with van der Waals surface area (Å²) in [6, 6.07) is 4.60. The first-order chi connectivity index (χ1) is 10.1. The fourth-order valence-electron chi connectivity index (χ4n) is 1.47. The van der Waals surface area contributed by atoms with Gasteiger partial charge in [-0.3, -0.25) is 19.7 Å². The molecule has 0 aromatic heterocycles. The number of hydrogen-bond acceptors (Lipinski definition) is 5. The molecule has 8 heteroatoms. The van der Waals surface area contributed by atoms with E-state index in [4.69, 9.17) is 9.84 Å². The molecular formula is C14H18N2O6. The van der Waals surface area contributed by atoms with Crippen LogP contribution in [0.25, 0.3) is 0 Å². The van der Waals surface area contributed by atoms with Crippen LogP contribution in [-0.4, -0.2) is 34.6 Å². The van der Waals surface area contributed by atoms with Crippen molar-refractivity contribution in [2.75, 3.05) is 6.61 Å². The Morgan fingerprint density at radius 3 is 2.64 bits per heavy atom. The van der Waals surface area contributed by atoms with E-state index in [2.05, 4.69) is 5.32 Å². The van der Waals surface area contributed by atoms with Crippen molar-refractivity contribution in [3.05, 3.63) is 34.4 Å². The Labute approximate surface area is 127 Å². The van der Waals surface area contributed by atoms with Crippen molar-refractivity contribution < 1.29 is 24.4 Å². The first kappa shape index (κ1) is 17.4. The maximum atomic E-state index is 12.0. The van der Waals surface area contributed by atoms with Crippen LogP contribution in [0, 0.1) is 15.5 Å². The van der Waals surface area contributed by atoms with Gasteiger partial charge in [0.25, 0.3) is 5.69 Å². The topological polar surface area (TPSA) is 119 Å². The van der Waals surface area contributed by atoms with Crippen molar-refractivity contribution in [3.8, 4) is 5.75 Å². The van der Waals surface area contributed by atoms with Crippen LogP contribution in [0.5, 0.6) is 5.75 Å². The number of carbonyl (C=O) groups excluding carboxylic acids is 1. The summed E-state index contributed by atoms with van der Waals surface area (Å²) in [6.07, 6.45) is 0. The highest BCUT2D eigenvalue weighted by atomic mass is 16.6. The fourth-order valence-corrected chi connectivity index (χ4v) is 1.47. The molecule has 0 fully saturated rings. The summed E-state index contributed by atoms with van der Waals surface area (Å²) in [6.45, 7) is 4.49. The van der Waals surface area contributed by atoms with Gasteiger partial charge in [-0.15, -0.1) is 0 Å². The number of hydrogen-bond donors (Lipinski definition) is 2. The van der Waals surface area contributed by atoms with E-state index < -0.39 is 28.3 Å². The Hall–Kier alpha value is -2.64. The van der Waals surface area contributed by atoms with Gasteiger partial charge in [-0.1, -0.05) is 6.07 Å². The normalized spacial score (nSPS) is 12.3. The number of nitrogens with zero attached hydrogens (tertiary/aromatic N) is 1. The molecule has 0 aliphatic carbocycles. The first-order valence-corrected chi connectivity index (χ1v) is 6.54. The molecule has 1 aromatic rings. The molecule has 0 radical (unpaired) electrons. The van der Waals surface area contributed by atoms with Gasteiger partial charge in [0.05, 0.1) is 16.4 Å². The molecule has 1 atom stereocenters. The van der Waals surface area contributed by atoms with Crippen LogP contribution >= 0.6 is 0 Å². The molecule has 0 aliphatic rings. The quantitative estimate of drug-likeness (QED) is 0.583. The lowest BCUT2D eigenvalue weighted by Gasteiger charge is -2.24. The van der Waals surface area contributed by atoms with E-state index >= 15 is 0 Å². The van der Waals surface area contributed by atoms with Gasteiger partial charge in [-0.05, 0) is 26.8 Å². The second kappa shape index (κ2) is 6.88. The second-order valence-corrected chi connectivity index (χ2v) is 5.46. The maximum absolute atomic E-state index is 12.0. The summed E-state index contributed by atoms with van der Waals surface area (Å²) in [5, 5.41) is 21.8.